The third-order valence-electron chi connectivity index (χ3n) is 3.62. The van der Waals surface area contributed by atoms with Crippen molar-refractivity contribution in [2.75, 3.05) is 18.4 Å². The first-order valence-corrected chi connectivity index (χ1v) is 8.18. The second-order valence-corrected chi connectivity index (χ2v) is 6.88. The highest BCUT2D eigenvalue weighted by Gasteiger charge is 2.19. The number of rotatable bonds is 3. The van der Waals surface area contributed by atoms with Gasteiger partial charge in [0.1, 0.15) is 28.8 Å². The number of carbonyl (C=O) groups is 1. The second kappa shape index (κ2) is 6.65. The summed E-state index contributed by atoms with van der Waals surface area (Å²) in [7, 11) is 0. The largest absolute Gasteiger partial charge is 0.487 e. The highest BCUT2D eigenvalue weighted by atomic mass is 16.6. The molecule has 1 aliphatic rings. The molecule has 0 unspecified atom stereocenters. The first-order valence-electron chi connectivity index (χ1n) is 8.18. The lowest BCUT2D eigenvalue weighted by molar-refractivity contribution is 0.0635. The number of pyridine rings is 1. The van der Waals surface area contributed by atoms with Crippen molar-refractivity contribution in [3.63, 3.8) is 0 Å². The second-order valence-electron chi connectivity index (χ2n) is 6.88. The van der Waals surface area contributed by atoms with Crippen LogP contribution in [0.3, 0.4) is 0 Å². The Kier molecular flexibility index (Phi) is 4.57. The SMILES string of the molecule is CC(C)(C)OC(=O)Nc1ccc2cccc(O[C@H]3CCNC3)c2n1. The monoisotopic (exact) mass is 329 g/mol. The predicted molar refractivity (Wildman–Crippen MR) is 93.5 cm³/mol. The Morgan fingerprint density at radius 2 is 2.12 bits per heavy atom. The summed E-state index contributed by atoms with van der Waals surface area (Å²) < 4.78 is 11.3. The summed E-state index contributed by atoms with van der Waals surface area (Å²) >= 11 is 0. The van der Waals surface area contributed by atoms with E-state index >= 15 is 0 Å². The van der Waals surface area contributed by atoms with Crippen LogP contribution in [0.4, 0.5) is 10.6 Å². The summed E-state index contributed by atoms with van der Waals surface area (Å²) in [6, 6.07) is 9.49. The van der Waals surface area contributed by atoms with Gasteiger partial charge in [-0.2, -0.15) is 0 Å². The van der Waals surface area contributed by atoms with Crippen LogP contribution < -0.4 is 15.4 Å². The molecule has 0 saturated carbocycles. The zero-order valence-electron chi connectivity index (χ0n) is 14.3. The Balaban J connectivity index is 1.82. The number of anilines is 1. The number of nitrogens with one attached hydrogen (secondary N) is 2. The van der Waals surface area contributed by atoms with E-state index in [4.69, 9.17) is 9.47 Å². The number of carbonyl (C=O) groups excluding carboxylic acids is 1. The van der Waals surface area contributed by atoms with Crippen molar-refractivity contribution >= 4 is 22.8 Å². The van der Waals surface area contributed by atoms with Gasteiger partial charge in [0.15, 0.2) is 0 Å². The third-order valence-corrected chi connectivity index (χ3v) is 3.62. The zero-order valence-corrected chi connectivity index (χ0v) is 14.3. The number of ether oxygens (including phenoxy) is 2. The minimum Gasteiger partial charge on any atom is -0.487 e. The van der Waals surface area contributed by atoms with Gasteiger partial charge >= 0.3 is 6.09 Å². The van der Waals surface area contributed by atoms with E-state index in [0.717, 1.165) is 36.2 Å². The van der Waals surface area contributed by atoms with Crippen molar-refractivity contribution in [3.05, 3.63) is 30.3 Å². The smallest absolute Gasteiger partial charge is 0.413 e. The molecule has 128 valence electrons. The van der Waals surface area contributed by atoms with Crippen LogP contribution in [0.5, 0.6) is 5.75 Å². The Hall–Kier alpha value is -2.34. The van der Waals surface area contributed by atoms with Crippen LogP contribution in [0.2, 0.25) is 0 Å². The first kappa shape index (κ1) is 16.5. The molecule has 1 aromatic carbocycles. The molecule has 1 aromatic heterocycles. The summed E-state index contributed by atoms with van der Waals surface area (Å²) in [5, 5.41) is 6.92. The average molecular weight is 329 g/mol. The molecular weight excluding hydrogens is 306 g/mol. The fourth-order valence-electron chi connectivity index (χ4n) is 2.60. The van der Waals surface area contributed by atoms with Crippen molar-refractivity contribution in [2.45, 2.75) is 38.9 Å². The topological polar surface area (TPSA) is 72.5 Å². The van der Waals surface area contributed by atoms with Gasteiger partial charge in [-0.15, -0.1) is 0 Å². The lowest BCUT2D eigenvalue weighted by Gasteiger charge is -2.19. The Bertz CT molecular complexity index is 734. The summed E-state index contributed by atoms with van der Waals surface area (Å²) in [4.78, 5) is 16.4. The van der Waals surface area contributed by atoms with Crippen molar-refractivity contribution in [3.8, 4) is 5.75 Å². The van der Waals surface area contributed by atoms with Gasteiger partial charge in [0.2, 0.25) is 0 Å². The van der Waals surface area contributed by atoms with Crippen molar-refractivity contribution < 1.29 is 14.3 Å². The van der Waals surface area contributed by atoms with Gasteiger partial charge in [-0.3, -0.25) is 5.32 Å². The molecule has 1 atom stereocenters. The number of benzene rings is 1. The van der Waals surface area contributed by atoms with Gasteiger partial charge in [-0.25, -0.2) is 9.78 Å². The van der Waals surface area contributed by atoms with Crippen molar-refractivity contribution in [1.82, 2.24) is 10.3 Å². The van der Waals surface area contributed by atoms with Crippen LogP contribution in [0.15, 0.2) is 30.3 Å². The van der Waals surface area contributed by atoms with Crippen LogP contribution in [-0.2, 0) is 4.74 Å². The maximum absolute atomic E-state index is 11.9. The molecule has 0 spiro atoms. The molecule has 0 bridgehead atoms. The standard InChI is InChI=1S/C18H23N3O3/c1-18(2,3)24-17(22)21-15-8-7-12-5-4-6-14(16(12)20-15)23-13-9-10-19-11-13/h4-8,13,19H,9-11H2,1-3H3,(H,20,21,22)/t13-/m0/s1. The van der Waals surface area contributed by atoms with E-state index in [1.807, 2.05) is 45.0 Å². The number of fused-ring (bicyclic) bond motifs is 1. The molecule has 2 heterocycles. The summed E-state index contributed by atoms with van der Waals surface area (Å²) in [6.45, 7) is 7.27. The summed E-state index contributed by atoms with van der Waals surface area (Å²) in [5.74, 6) is 1.17. The number of para-hydroxylation sites is 1. The average Bonchev–Trinajstić information content (AvgIpc) is 2.99. The Labute approximate surface area is 141 Å². The van der Waals surface area contributed by atoms with Gasteiger partial charge in [-0.05, 0) is 51.9 Å². The molecular formula is C18H23N3O3. The molecule has 1 amide bonds. The maximum atomic E-state index is 11.9. The van der Waals surface area contributed by atoms with Gasteiger partial charge in [-0.1, -0.05) is 12.1 Å². The summed E-state index contributed by atoms with van der Waals surface area (Å²) in [6.07, 6.45) is 0.610. The summed E-state index contributed by atoms with van der Waals surface area (Å²) in [5.41, 5.74) is 0.183. The molecule has 0 radical (unpaired) electrons. The molecule has 1 fully saturated rings. The Morgan fingerprint density at radius 3 is 2.83 bits per heavy atom. The van der Waals surface area contributed by atoms with E-state index in [0.29, 0.717) is 5.82 Å². The van der Waals surface area contributed by atoms with Crippen LogP contribution in [-0.4, -0.2) is 35.9 Å². The minimum absolute atomic E-state index is 0.153. The minimum atomic E-state index is -0.551. The quantitative estimate of drug-likeness (QED) is 0.904. The van der Waals surface area contributed by atoms with Crippen LogP contribution >= 0.6 is 0 Å². The van der Waals surface area contributed by atoms with E-state index < -0.39 is 11.7 Å². The number of amides is 1. The molecule has 2 N–H and O–H groups in total. The molecule has 0 aliphatic carbocycles. The molecule has 6 heteroatoms. The van der Waals surface area contributed by atoms with Gasteiger partial charge in [0, 0.05) is 11.9 Å². The van der Waals surface area contributed by atoms with E-state index in [2.05, 4.69) is 15.6 Å². The normalized spacial score (nSPS) is 17.7. The first-order chi connectivity index (χ1) is 11.4. The van der Waals surface area contributed by atoms with E-state index in [1.54, 1.807) is 6.07 Å². The highest BCUT2D eigenvalue weighted by Crippen LogP contribution is 2.27. The van der Waals surface area contributed by atoms with Gasteiger partial charge in [0.05, 0.1) is 0 Å². The zero-order chi connectivity index (χ0) is 17.2. The predicted octanol–water partition coefficient (Wildman–Crippen LogP) is 3.32. The lowest BCUT2D eigenvalue weighted by atomic mass is 10.2. The highest BCUT2D eigenvalue weighted by molar-refractivity contribution is 5.89. The number of aromatic nitrogens is 1. The number of nitrogens with zero attached hydrogens (tertiary/aromatic N) is 1. The number of hydrogen-bond acceptors (Lipinski definition) is 5. The van der Waals surface area contributed by atoms with Crippen molar-refractivity contribution in [1.29, 1.82) is 0 Å². The van der Waals surface area contributed by atoms with Crippen LogP contribution in [0.25, 0.3) is 10.9 Å². The van der Waals surface area contributed by atoms with Gasteiger partial charge < -0.3 is 14.8 Å². The molecule has 2 aromatic rings. The fraction of sp³-hybridized carbons (Fsp3) is 0.444. The Morgan fingerprint density at radius 1 is 1.29 bits per heavy atom. The van der Waals surface area contributed by atoms with Crippen LogP contribution in [0.1, 0.15) is 27.2 Å². The van der Waals surface area contributed by atoms with Gasteiger partial charge in [0.25, 0.3) is 0 Å². The maximum Gasteiger partial charge on any atom is 0.413 e. The van der Waals surface area contributed by atoms with E-state index in [9.17, 15) is 4.79 Å². The number of hydrogen-bond donors (Lipinski definition) is 2. The van der Waals surface area contributed by atoms with E-state index in [-0.39, 0.29) is 6.10 Å². The van der Waals surface area contributed by atoms with Crippen LogP contribution in [0, 0.1) is 0 Å². The molecule has 3 rings (SSSR count). The molecule has 1 saturated heterocycles. The molecule has 1 aliphatic heterocycles. The lowest BCUT2D eigenvalue weighted by Crippen LogP contribution is -2.27. The molecule has 6 nitrogen and oxygen atoms in total. The third kappa shape index (κ3) is 4.14. The van der Waals surface area contributed by atoms with Crippen molar-refractivity contribution in [2.24, 2.45) is 0 Å². The molecule has 24 heavy (non-hydrogen) atoms. The fourth-order valence-corrected chi connectivity index (χ4v) is 2.60. The van der Waals surface area contributed by atoms with E-state index in [1.165, 1.54) is 0 Å².